The first-order chi connectivity index (χ1) is 13.1. The molecule has 1 aromatic carbocycles. The van der Waals surface area contributed by atoms with Crippen LogP contribution in [0.5, 0.6) is 0 Å². The predicted octanol–water partition coefficient (Wildman–Crippen LogP) is 3.83. The van der Waals surface area contributed by atoms with Crippen LogP contribution >= 0.6 is 11.3 Å². The molecule has 0 saturated carbocycles. The number of hydrogen-bond donors (Lipinski definition) is 1. The van der Waals surface area contributed by atoms with Crippen LogP contribution in [0.15, 0.2) is 42.6 Å². The largest absolute Gasteiger partial charge is 0.374 e. The van der Waals surface area contributed by atoms with Gasteiger partial charge in [-0.1, -0.05) is 18.2 Å². The number of benzene rings is 1. The summed E-state index contributed by atoms with van der Waals surface area (Å²) in [6.45, 7) is 3.49. The number of nitrogens with zero attached hydrogens (tertiary/aromatic N) is 3. The number of carbonyl (C=O) groups excluding carboxylic acids is 1. The second-order valence-electron chi connectivity index (χ2n) is 6.82. The first-order valence-corrected chi connectivity index (χ1v) is 9.93. The Kier molecular flexibility index (Phi) is 4.90. The van der Waals surface area contributed by atoms with E-state index >= 15 is 0 Å². The number of amides is 1. The number of aryl methyl sites for hydroxylation is 2. The highest BCUT2D eigenvalue weighted by Crippen LogP contribution is 2.28. The summed E-state index contributed by atoms with van der Waals surface area (Å²) in [5, 5.41) is 3.81. The van der Waals surface area contributed by atoms with Gasteiger partial charge in [0.25, 0.3) is 5.91 Å². The Labute approximate surface area is 163 Å². The minimum atomic E-state index is -0.0815. The van der Waals surface area contributed by atoms with Gasteiger partial charge in [-0.3, -0.25) is 9.78 Å². The highest BCUT2D eigenvalue weighted by Gasteiger charge is 2.17. The summed E-state index contributed by atoms with van der Waals surface area (Å²) >= 11 is 1.39. The molecule has 0 fully saturated rings. The quantitative estimate of drug-likeness (QED) is 0.750. The topological polar surface area (TPSA) is 58.1 Å². The molecule has 3 aromatic rings. The van der Waals surface area contributed by atoms with Gasteiger partial charge in [0.05, 0.1) is 11.4 Å². The highest BCUT2D eigenvalue weighted by molar-refractivity contribution is 7.17. The van der Waals surface area contributed by atoms with E-state index in [1.807, 2.05) is 25.1 Å². The molecule has 0 unspecified atom stereocenters. The Balaban J connectivity index is 1.46. The smallest absolute Gasteiger partial charge is 0.263 e. The fourth-order valence-electron chi connectivity index (χ4n) is 3.42. The van der Waals surface area contributed by atoms with Crippen LogP contribution in [0.25, 0.3) is 10.7 Å². The van der Waals surface area contributed by atoms with Crippen molar-refractivity contribution in [3.05, 3.63) is 64.3 Å². The standard InChI is InChI=1S/C21H22N4OS/c1-14-19(27-21(24-14)17-7-3-4-10-22-17)20(26)23-13-15-8-9-18-16(12-15)6-5-11-25(18)2/h3-4,7-10,12H,5-6,11,13H2,1-2H3,(H,23,26). The van der Waals surface area contributed by atoms with Crippen molar-refractivity contribution in [1.82, 2.24) is 15.3 Å². The molecule has 1 aliphatic heterocycles. The van der Waals surface area contributed by atoms with Crippen LogP contribution in [0.3, 0.4) is 0 Å². The Bertz CT molecular complexity index is 968. The van der Waals surface area contributed by atoms with Crippen molar-refractivity contribution in [2.24, 2.45) is 0 Å². The van der Waals surface area contributed by atoms with Crippen molar-refractivity contribution in [3.8, 4) is 10.7 Å². The second-order valence-corrected chi connectivity index (χ2v) is 7.82. The molecule has 0 spiro atoms. The van der Waals surface area contributed by atoms with E-state index in [1.165, 1.54) is 29.0 Å². The molecule has 5 nitrogen and oxygen atoms in total. The highest BCUT2D eigenvalue weighted by atomic mass is 32.1. The number of anilines is 1. The van der Waals surface area contributed by atoms with Gasteiger partial charge in [-0.25, -0.2) is 4.98 Å². The van der Waals surface area contributed by atoms with Crippen LogP contribution in [0.1, 0.15) is 32.9 Å². The molecule has 0 atom stereocenters. The van der Waals surface area contributed by atoms with Gasteiger partial charge in [-0.05, 0) is 49.1 Å². The van der Waals surface area contributed by atoms with Gasteiger partial charge in [0.2, 0.25) is 0 Å². The SMILES string of the molecule is Cc1nc(-c2ccccn2)sc1C(=O)NCc1ccc2c(c1)CCCN2C. The maximum absolute atomic E-state index is 12.7. The zero-order chi connectivity index (χ0) is 18.8. The summed E-state index contributed by atoms with van der Waals surface area (Å²) in [7, 11) is 2.13. The Morgan fingerprint density at radius 1 is 1.30 bits per heavy atom. The van der Waals surface area contributed by atoms with Gasteiger partial charge in [0.15, 0.2) is 0 Å². The van der Waals surface area contributed by atoms with Crippen molar-refractivity contribution in [2.45, 2.75) is 26.3 Å². The van der Waals surface area contributed by atoms with Crippen LogP contribution in [-0.4, -0.2) is 29.5 Å². The van der Waals surface area contributed by atoms with E-state index in [0.717, 1.165) is 34.9 Å². The van der Waals surface area contributed by atoms with Gasteiger partial charge in [-0.2, -0.15) is 0 Å². The molecular weight excluding hydrogens is 356 g/mol. The molecule has 27 heavy (non-hydrogen) atoms. The van der Waals surface area contributed by atoms with E-state index in [4.69, 9.17) is 0 Å². The lowest BCUT2D eigenvalue weighted by atomic mass is 9.99. The molecule has 0 radical (unpaired) electrons. The zero-order valence-corrected chi connectivity index (χ0v) is 16.3. The second kappa shape index (κ2) is 7.48. The predicted molar refractivity (Wildman–Crippen MR) is 109 cm³/mol. The molecule has 3 heterocycles. The number of pyridine rings is 1. The van der Waals surface area contributed by atoms with Gasteiger partial charge >= 0.3 is 0 Å². The molecule has 6 heteroatoms. The summed E-state index contributed by atoms with van der Waals surface area (Å²) in [5.41, 5.74) is 5.33. The molecule has 1 N–H and O–H groups in total. The van der Waals surface area contributed by atoms with Gasteiger partial charge in [0, 0.05) is 32.0 Å². The summed E-state index contributed by atoms with van der Waals surface area (Å²) in [6, 6.07) is 12.2. The van der Waals surface area contributed by atoms with E-state index in [0.29, 0.717) is 11.4 Å². The first-order valence-electron chi connectivity index (χ1n) is 9.12. The molecular formula is C21H22N4OS. The van der Waals surface area contributed by atoms with E-state index in [-0.39, 0.29) is 5.91 Å². The fraction of sp³-hybridized carbons (Fsp3) is 0.286. The van der Waals surface area contributed by atoms with Crippen molar-refractivity contribution >= 4 is 22.9 Å². The lowest BCUT2D eigenvalue weighted by Crippen LogP contribution is -2.25. The van der Waals surface area contributed by atoms with Crippen molar-refractivity contribution < 1.29 is 4.79 Å². The summed E-state index contributed by atoms with van der Waals surface area (Å²) < 4.78 is 0. The van der Waals surface area contributed by atoms with Crippen LogP contribution in [0.2, 0.25) is 0 Å². The van der Waals surface area contributed by atoms with Crippen molar-refractivity contribution in [2.75, 3.05) is 18.5 Å². The van der Waals surface area contributed by atoms with Crippen LogP contribution in [-0.2, 0) is 13.0 Å². The monoisotopic (exact) mass is 378 g/mol. The number of carbonyl (C=O) groups is 1. The zero-order valence-electron chi connectivity index (χ0n) is 15.5. The third kappa shape index (κ3) is 3.71. The normalized spacial score (nSPS) is 13.3. The van der Waals surface area contributed by atoms with Crippen LogP contribution in [0.4, 0.5) is 5.69 Å². The average Bonchev–Trinajstić information content (AvgIpc) is 3.09. The van der Waals surface area contributed by atoms with Crippen molar-refractivity contribution in [3.63, 3.8) is 0 Å². The van der Waals surface area contributed by atoms with E-state index in [2.05, 4.69) is 45.4 Å². The molecule has 0 aliphatic carbocycles. The lowest BCUT2D eigenvalue weighted by Gasteiger charge is -2.27. The molecule has 0 saturated heterocycles. The Morgan fingerprint density at radius 2 is 2.19 bits per heavy atom. The number of hydrogen-bond acceptors (Lipinski definition) is 5. The maximum Gasteiger partial charge on any atom is 0.263 e. The van der Waals surface area contributed by atoms with Crippen LogP contribution in [0, 0.1) is 6.92 Å². The molecule has 1 amide bonds. The van der Waals surface area contributed by atoms with E-state index in [1.54, 1.807) is 6.20 Å². The molecule has 4 rings (SSSR count). The average molecular weight is 379 g/mol. The Hall–Kier alpha value is -2.73. The van der Waals surface area contributed by atoms with E-state index in [9.17, 15) is 4.79 Å². The van der Waals surface area contributed by atoms with Gasteiger partial charge < -0.3 is 10.2 Å². The summed E-state index contributed by atoms with van der Waals surface area (Å²) in [6.07, 6.45) is 4.01. The van der Waals surface area contributed by atoms with Gasteiger partial charge in [0.1, 0.15) is 9.88 Å². The summed E-state index contributed by atoms with van der Waals surface area (Å²) in [4.78, 5) is 24.4. The molecule has 138 valence electrons. The first kappa shape index (κ1) is 17.7. The maximum atomic E-state index is 12.7. The third-order valence-electron chi connectivity index (χ3n) is 4.83. The van der Waals surface area contributed by atoms with Crippen molar-refractivity contribution in [1.29, 1.82) is 0 Å². The molecule has 1 aliphatic rings. The van der Waals surface area contributed by atoms with E-state index < -0.39 is 0 Å². The number of nitrogens with one attached hydrogen (secondary N) is 1. The minimum absolute atomic E-state index is 0.0815. The number of aromatic nitrogens is 2. The lowest BCUT2D eigenvalue weighted by molar-refractivity contribution is 0.0954. The molecule has 2 aromatic heterocycles. The van der Waals surface area contributed by atoms with Gasteiger partial charge in [-0.15, -0.1) is 11.3 Å². The number of thiazole rings is 1. The van der Waals surface area contributed by atoms with Crippen LogP contribution < -0.4 is 10.2 Å². The Morgan fingerprint density at radius 3 is 3.00 bits per heavy atom. The number of rotatable bonds is 4. The minimum Gasteiger partial charge on any atom is -0.374 e. The molecule has 0 bridgehead atoms. The third-order valence-corrected chi connectivity index (χ3v) is 6.01. The summed E-state index contributed by atoms with van der Waals surface area (Å²) in [5.74, 6) is -0.0815. The number of fused-ring (bicyclic) bond motifs is 1. The fourth-order valence-corrected chi connectivity index (χ4v) is 4.38.